The molecule has 0 radical (unpaired) electrons. The first-order valence-electron chi connectivity index (χ1n) is 5.69. The third-order valence-electron chi connectivity index (χ3n) is 1.96. The van der Waals surface area contributed by atoms with Gasteiger partial charge in [0.15, 0.2) is 6.29 Å². The number of benzene rings is 1. The van der Waals surface area contributed by atoms with Crippen molar-refractivity contribution in [1.29, 1.82) is 0 Å². The second-order valence-electron chi connectivity index (χ2n) is 4.75. The Balaban J connectivity index is 0.00000106. The summed E-state index contributed by atoms with van der Waals surface area (Å²) in [6.45, 7) is 10.4. The molecule has 16 heavy (non-hydrogen) atoms. The van der Waals surface area contributed by atoms with E-state index in [0.29, 0.717) is 11.8 Å². The Labute approximate surface area is 98.3 Å². The molecule has 0 atom stereocenters. The zero-order valence-corrected chi connectivity index (χ0v) is 10.9. The molecule has 1 rings (SSSR count). The van der Waals surface area contributed by atoms with Gasteiger partial charge in [-0.15, -0.1) is 0 Å². The summed E-state index contributed by atoms with van der Waals surface area (Å²) in [7, 11) is 0. The highest BCUT2D eigenvalue weighted by Gasteiger charge is 2.12. The molecule has 0 aliphatic rings. The number of carbonyl (C=O) groups excluding carboxylic acids is 1. The molecule has 0 amide bonds. The van der Waals surface area contributed by atoms with Crippen LogP contribution in [0.1, 0.15) is 50.5 Å². The van der Waals surface area contributed by atoms with E-state index in [9.17, 15) is 9.90 Å². The van der Waals surface area contributed by atoms with Crippen LogP contribution in [0.2, 0.25) is 0 Å². The van der Waals surface area contributed by atoms with E-state index in [1.54, 1.807) is 12.1 Å². The lowest BCUT2D eigenvalue weighted by Crippen LogP contribution is -2.09. The van der Waals surface area contributed by atoms with Crippen molar-refractivity contribution in [2.24, 2.45) is 5.41 Å². The van der Waals surface area contributed by atoms with Crippen LogP contribution in [0.4, 0.5) is 0 Å². The molecule has 0 saturated carbocycles. The van der Waals surface area contributed by atoms with Crippen molar-refractivity contribution in [3.05, 3.63) is 29.3 Å². The molecule has 0 bridgehead atoms. The Bertz CT molecular complexity index is 335. The van der Waals surface area contributed by atoms with Gasteiger partial charge in [-0.25, -0.2) is 0 Å². The number of hydrogen-bond donors (Lipinski definition) is 1. The minimum Gasteiger partial charge on any atom is -0.507 e. The van der Waals surface area contributed by atoms with Crippen LogP contribution in [0.25, 0.3) is 0 Å². The van der Waals surface area contributed by atoms with Crippen molar-refractivity contribution in [2.45, 2.75) is 41.0 Å². The van der Waals surface area contributed by atoms with Gasteiger partial charge in [-0.3, -0.25) is 4.79 Å². The van der Waals surface area contributed by atoms with E-state index in [1.807, 2.05) is 19.9 Å². The van der Waals surface area contributed by atoms with Gasteiger partial charge in [-0.1, -0.05) is 40.7 Å². The number of phenols is 1. The average Bonchev–Trinajstić information content (AvgIpc) is 2.18. The standard InChI is InChI=1S/C12H16O2.C2H6/c1-12(2,3)7-9-4-5-10(8-13)11(14)6-9;1-2/h4-6,8,14H,7H2,1-3H3;1-2H3. The third kappa shape index (κ3) is 4.96. The summed E-state index contributed by atoms with van der Waals surface area (Å²) in [5.41, 5.74) is 1.60. The van der Waals surface area contributed by atoms with E-state index in [-0.39, 0.29) is 11.2 Å². The summed E-state index contributed by atoms with van der Waals surface area (Å²) in [5, 5.41) is 9.46. The SMILES string of the molecule is CC.CC(C)(C)Cc1ccc(C=O)c(O)c1. The summed E-state index contributed by atoms with van der Waals surface area (Å²) < 4.78 is 0. The number of rotatable bonds is 2. The van der Waals surface area contributed by atoms with Crippen LogP contribution in [0.5, 0.6) is 5.75 Å². The average molecular weight is 222 g/mol. The molecule has 0 unspecified atom stereocenters. The van der Waals surface area contributed by atoms with Crippen molar-refractivity contribution >= 4 is 6.29 Å². The van der Waals surface area contributed by atoms with Crippen molar-refractivity contribution in [3.63, 3.8) is 0 Å². The molecule has 0 fully saturated rings. The van der Waals surface area contributed by atoms with Crippen LogP contribution in [-0.2, 0) is 6.42 Å². The Morgan fingerprint density at radius 2 is 1.81 bits per heavy atom. The van der Waals surface area contributed by atoms with Crippen LogP contribution >= 0.6 is 0 Å². The van der Waals surface area contributed by atoms with Crippen LogP contribution in [0, 0.1) is 5.41 Å². The third-order valence-corrected chi connectivity index (χ3v) is 1.96. The molecule has 0 spiro atoms. The zero-order chi connectivity index (χ0) is 12.8. The lowest BCUT2D eigenvalue weighted by molar-refractivity contribution is 0.112. The van der Waals surface area contributed by atoms with Gasteiger partial charge in [0.1, 0.15) is 5.75 Å². The fourth-order valence-electron chi connectivity index (χ4n) is 1.41. The van der Waals surface area contributed by atoms with Gasteiger partial charge in [0.05, 0.1) is 5.56 Å². The lowest BCUT2D eigenvalue weighted by Gasteiger charge is -2.18. The first kappa shape index (κ1) is 14.7. The summed E-state index contributed by atoms with van der Waals surface area (Å²) in [4.78, 5) is 10.5. The van der Waals surface area contributed by atoms with Gasteiger partial charge in [-0.2, -0.15) is 0 Å². The van der Waals surface area contributed by atoms with Crippen LogP contribution in [0.15, 0.2) is 18.2 Å². The van der Waals surface area contributed by atoms with Crippen LogP contribution < -0.4 is 0 Å². The Morgan fingerprint density at radius 3 is 2.19 bits per heavy atom. The van der Waals surface area contributed by atoms with Gasteiger partial charge in [0.2, 0.25) is 0 Å². The largest absolute Gasteiger partial charge is 0.507 e. The van der Waals surface area contributed by atoms with Gasteiger partial charge in [0, 0.05) is 0 Å². The molecule has 90 valence electrons. The predicted octanol–water partition coefficient (Wildman–Crippen LogP) is 3.82. The highest BCUT2D eigenvalue weighted by atomic mass is 16.3. The van der Waals surface area contributed by atoms with Gasteiger partial charge in [0.25, 0.3) is 0 Å². The quantitative estimate of drug-likeness (QED) is 0.772. The summed E-state index contributed by atoms with van der Waals surface area (Å²) >= 11 is 0. The minimum atomic E-state index is 0.0711. The second-order valence-corrected chi connectivity index (χ2v) is 4.75. The van der Waals surface area contributed by atoms with Crippen molar-refractivity contribution in [3.8, 4) is 5.75 Å². The Kier molecular flexibility index (Phi) is 5.79. The highest BCUT2D eigenvalue weighted by Crippen LogP contribution is 2.24. The summed E-state index contributed by atoms with van der Waals surface area (Å²) in [6.07, 6.45) is 1.55. The fraction of sp³-hybridized carbons (Fsp3) is 0.500. The molecule has 1 N–H and O–H groups in total. The number of aldehydes is 1. The molecule has 1 aromatic carbocycles. The molecule has 0 aromatic heterocycles. The molecule has 2 nitrogen and oxygen atoms in total. The summed E-state index contributed by atoms with van der Waals surface area (Å²) in [6, 6.07) is 5.20. The second kappa shape index (κ2) is 6.31. The molecule has 0 aliphatic carbocycles. The maximum Gasteiger partial charge on any atom is 0.153 e. The predicted molar refractivity (Wildman–Crippen MR) is 68.0 cm³/mol. The van der Waals surface area contributed by atoms with Gasteiger partial charge in [-0.05, 0) is 29.5 Å². The molecule has 2 heteroatoms. The Morgan fingerprint density at radius 1 is 1.25 bits per heavy atom. The monoisotopic (exact) mass is 222 g/mol. The van der Waals surface area contributed by atoms with Gasteiger partial charge < -0.3 is 5.11 Å². The highest BCUT2D eigenvalue weighted by molar-refractivity contribution is 5.79. The van der Waals surface area contributed by atoms with Gasteiger partial charge >= 0.3 is 0 Å². The molecule has 0 heterocycles. The van der Waals surface area contributed by atoms with E-state index < -0.39 is 0 Å². The van der Waals surface area contributed by atoms with Crippen molar-refractivity contribution < 1.29 is 9.90 Å². The normalized spacial score (nSPS) is 10.3. The van der Waals surface area contributed by atoms with Crippen molar-refractivity contribution in [2.75, 3.05) is 0 Å². The number of aromatic hydroxyl groups is 1. The molecule has 0 saturated heterocycles. The smallest absolute Gasteiger partial charge is 0.153 e. The molecular weight excluding hydrogens is 200 g/mol. The Hall–Kier alpha value is -1.31. The lowest BCUT2D eigenvalue weighted by atomic mass is 9.88. The fourth-order valence-corrected chi connectivity index (χ4v) is 1.41. The van der Waals surface area contributed by atoms with Crippen molar-refractivity contribution in [1.82, 2.24) is 0 Å². The number of hydrogen-bond acceptors (Lipinski definition) is 2. The number of carbonyl (C=O) groups is 1. The molecule has 0 aliphatic heterocycles. The topological polar surface area (TPSA) is 37.3 Å². The minimum absolute atomic E-state index is 0.0711. The number of phenolic OH excluding ortho intramolecular Hbond substituents is 1. The maximum absolute atomic E-state index is 10.5. The summed E-state index contributed by atoms with van der Waals surface area (Å²) in [5.74, 6) is 0.0711. The van der Waals surface area contributed by atoms with Crippen LogP contribution in [0.3, 0.4) is 0 Å². The van der Waals surface area contributed by atoms with E-state index in [0.717, 1.165) is 12.0 Å². The van der Waals surface area contributed by atoms with Crippen LogP contribution in [-0.4, -0.2) is 11.4 Å². The molecule has 1 aromatic rings. The van der Waals surface area contributed by atoms with E-state index in [1.165, 1.54) is 0 Å². The first-order valence-corrected chi connectivity index (χ1v) is 5.69. The first-order chi connectivity index (χ1) is 7.42. The van der Waals surface area contributed by atoms with E-state index >= 15 is 0 Å². The van der Waals surface area contributed by atoms with E-state index in [2.05, 4.69) is 20.8 Å². The molecular formula is C14H22O2. The maximum atomic E-state index is 10.5. The zero-order valence-electron chi connectivity index (χ0n) is 10.9. The van der Waals surface area contributed by atoms with E-state index in [4.69, 9.17) is 0 Å².